The Morgan fingerprint density at radius 3 is 2.76 bits per heavy atom. The van der Waals surface area contributed by atoms with Crippen LogP contribution in [0.15, 0.2) is 57.5 Å². The van der Waals surface area contributed by atoms with Crippen molar-refractivity contribution in [2.45, 2.75) is 48.6 Å². The van der Waals surface area contributed by atoms with Crippen molar-refractivity contribution in [2.24, 2.45) is 10.1 Å². The first-order chi connectivity index (χ1) is 19.8. The van der Waals surface area contributed by atoms with Crippen LogP contribution in [0, 0.1) is 5.82 Å². The first-order valence-corrected chi connectivity index (χ1v) is 14.5. The molecule has 11 heteroatoms. The average Bonchev–Trinajstić information content (AvgIpc) is 3.32. The second-order valence-corrected chi connectivity index (χ2v) is 11.7. The third-order valence-electron chi connectivity index (χ3n) is 8.28. The number of benzene rings is 2. The van der Waals surface area contributed by atoms with Crippen LogP contribution in [0.5, 0.6) is 5.75 Å². The van der Waals surface area contributed by atoms with Crippen LogP contribution in [-0.2, 0) is 21.5 Å². The molecule has 2 aromatic rings. The van der Waals surface area contributed by atoms with E-state index >= 15 is 0 Å². The van der Waals surface area contributed by atoms with Gasteiger partial charge in [-0.1, -0.05) is 24.3 Å². The summed E-state index contributed by atoms with van der Waals surface area (Å²) in [4.78, 5) is 40.6. The predicted molar refractivity (Wildman–Crippen MR) is 155 cm³/mol. The summed E-state index contributed by atoms with van der Waals surface area (Å²) in [5.74, 6) is -0.134. The standard InChI is InChI=1S/C30H34FN5O4S/c1-35(25-8-9-27(38)34-29(25)39)17-22-21(18-37)6-7-23-28(22)40-19-30(23)10-12-36(13-11-30)16-20(14-32)15-33-41-26-5-3-2-4-24(26)31/h2-7,14-15,18,25H,8-13,16-17,19,32H2,1H3,(H,34,38,39)/b20-14+,33-15+. The van der Waals surface area contributed by atoms with E-state index in [4.69, 9.17) is 10.5 Å². The molecule has 216 valence electrons. The van der Waals surface area contributed by atoms with Crippen molar-refractivity contribution in [3.8, 4) is 5.75 Å². The maximum Gasteiger partial charge on any atom is 0.243 e. The second kappa shape index (κ2) is 12.5. The number of amides is 2. The van der Waals surface area contributed by atoms with Gasteiger partial charge < -0.3 is 10.5 Å². The molecule has 3 aliphatic heterocycles. The highest BCUT2D eigenvalue weighted by Crippen LogP contribution is 2.48. The maximum atomic E-state index is 13.9. The highest BCUT2D eigenvalue weighted by Gasteiger charge is 2.44. The quantitative estimate of drug-likeness (QED) is 0.201. The van der Waals surface area contributed by atoms with Crippen LogP contribution in [0.2, 0.25) is 0 Å². The highest BCUT2D eigenvalue weighted by molar-refractivity contribution is 7.98. The number of carbonyl (C=O) groups excluding carboxylic acids is 3. The normalized spacial score (nSPS) is 20.9. The van der Waals surface area contributed by atoms with Gasteiger partial charge in [0.05, 0.1) is 17.5 Å². The molecule has 2 saturated heterocycles. The van der Waals surface area contributed by atoms with Gasteiger partial charge in [-0.3, -0.25) is 29.5 Å². The molecule has 2 fully saturated rings. The van der Waals surface area contributed by atoms with Crippen molar-refractivity contribution in [2.75, 3.05) is 33.3 Å². The molecule has 0 aliphatic carbocycles. The molecule has 41 heavy (non-hydrogen) atoms. The number of nitrogens with zero attached hydrogens (tertiary/aromatic N) is 3. The Kier molecular flexibility index (Phi) is 8.86. The Bertz CT molecular complexity index is 1390. The average molecular weight is 580 g/mol. The fourth-order valence-electron chi connectivity index (χ4n) is 5.87. The first kappa shape index (κ1) is 29.0. The topological polar surface area (TPSA) is 117 Å². The summed E-state index contributed by atoms with van der Waals surface area (Å²) in [7, 11) is 1.83. The predicted octanol–water partition coefficient (Wildman–Crippen LogP) is 3.22. The molecule has 2 aromatic carbocycles. The van der Waals surface area contributed by atoms with Crippen LogP contribution < -0.4 is 15.8 Å². The van der Waals surface area contributed by atoms with E-state index in [2.05, 4.69) is 14.6 Å². The number of fused-ring (bicyclic) bond motifs is 2. The number of hydrogen-bond acceptors (Lipinski definition) is 9. The van der Waals surface area contributed by atoms with Crippen LogP contribution in [0.3, 0.4) is 0 Å². The Balaban J connectivity index is 1.24. The number of piperidine rings is 2. The third-order valence-corrected chi connectivity index (χ3v) is 9.02. The van der Waals surface area contributed by atoms with Crippen molar-refractivity contribution in [3.05, 3.63) is 70.7 Å². The molecule has 3 aliphatic rings. The SMILES string of the molecule is CN(Cc1c(C=O)ccc2c1OCC21CCN(CC(=C/N)/C=N/Sc2ccccc2F)CC1)C1CCC(=O)NC1=O. The Hall–Kier alpha value is -3.54. The van der Waals surface area contributed by atoms with Crippen molar-refractivity contribution < 1.29 is 23.5 Å². The number of carbonyl (C=O) groups is 3. The lowest BCUT2D eigenvalue weighted by atomic mass is 9.73. The van der Waals surface area contributed by atoms with Gasteiger partial charge >= 0.3 is 0 Å². The molecule has 3 heterocycles. The third kappa shape index (κ3) is 6.22. The fourth-order valence-corrected chi connectivity index (χ4v) is 6.46. The van der Waals surface area contributed by atoms with Gasteiger partial charge in [0.25, 0.3) is 0 Å². The second-order valence-electron chi connectivity index (χ2n) is 10.9. The Morgan fingerprint density at radius 1 is 1.27 bits per heavy atom. The van der Waals surface area contributed by atoms with E-state index in [1.54, 1.807) is 24.4 Å². The molecule has 0 bridgehead atoms. The number of rotatable bonds is 9. The number of nitrogens with two attached hydrogens (primary N) is 1. The number of likely N-dealkylation sites (N-methyl/N-ethyl adjacent to an activating group) is 1. The van der Waals surface area contributed by atoms with Crippen LogP contribution in [-0.4, -0.2) is 73.4 Å². The fraction of sp³-hybridized carbons (Fsp3) is 0.400. The number of hydrogen-bond donors (Lipinski definition) is 2. The summed E-state index contributed by atoms with van der Waals surface area (Å²) in [6.07, 6.45) is 6.54. The van der Waals surface area contributed by atoms with Crippen LogP contribution in [0.4, 0.5) is 4.39 Å². The summed E-state index contributed by atoms with van der Waals surface area (Å²) in [6, 6.07) is 9.93. The van der Waals surface area contributed by atoms with Gasteiger partial charge in [0.15, 0.2) is 6.29 Å². The van der Waals surface area contributed by atoms with E-state index in [1.165, 1.54) is 12.3 Å². The van der Waals surface area contributed by atoms with E-state index in [1.807, 2.05) is 24.1 Å². The van der Waals surface area contributed by atoms with Gasteiger partial charge in [-0.25, -0.2) is 8.79 Å². The van der Waals surface area contributed by atoms with E-state index in [-0.39, 0.29) is 23.0 Å². The Labute approximate surface area is 243 Å². The van der Waals surface area contributed by atoms with Gasteiger partial charge in [0, 0.05) is 65.4 Å². The maximum absolute atomic E-state index is 13.9. The van der Waals surface area contributed by atoms with Crippen molar-refractivity contribution in [3.63, 3.8) is 0 Å². The number of ether oxygens (including phenoxy) is 1. The largest absolute Gasteiger partial charge is 0.492 e. The molecule has 1 atom stereocenters. The number of imide groups is 1. The molecule has 1 unspecified atom stereocenters. The van der Waals surface area contributed by atoms with E-state index < -0.39 is 6.04 Å². The minimum atomic E-state index is -0.444. The van der Waals surface area contributed by atoms with E-state index in [0.29, 0.717) is 43.0 Å². The summed E-state index contributed by atoms with van der Waals surface area (Å²) >= 11 is 1.08. The van der Waals surface area contributed by atoms with Crippen LogP contribution in [0.1, 0.15) is 47.2 Å². The molecule has 2 amide bonds. The number of likely N-dealkylation sites (tertiary alicyclic amines) is 1. The molecule has 0 aromatic heterocycles. The number of aldehydes is 1. The minimum Gasteiger partial charge on any atom is -0.492 e. The lowest BCUT2D eigenvalue weighted by Gasteiger charge is -2.38. The van der Waals surface area contributed by atoms with Crippen molar-refractivity contribution in [1.29, 1.82) is 0 Å². The van der Waals surface area contributed by atoms with Gasteiger partial charge in [-0.05, 0) is 57.7 Å². The summed E-state index contributed by atoms with van der Waals surface area (Å²) in [6.45, 7) is 3.19. The smallest absolute Gasteiger partial charge is 0.243 e. The lowest BCUT2D eigenvalue weighted by Crippen LogP contribution is -2.51. The molecular formula is C30H34FN5O4S. The minimum absolute atomic E-state index is 0.156. The van der Waals surface area contributed by atoms with Crippen LogP contribution in [0.25, 0.3) is 0 Å². The van der Waals surface area contributed by atoms with Crippen molar-refractivity contribution in [1.82, 2.24) is 15.1 Å². The van der Waals surface area contributed by atoms with Gasteiger partial charge in [0.1, 0.15) is 11.6 Å². The molecular weight excluding hydrogens is 545 g/mol. The van der Waals surface area contributed by atoms with Crippen LogP contribution >= 0.6 is 11.9 Å². The molecule has 3 N–H and O–H groups in total. The molecule has 5 rings (SSSR count). The molecule has 0 saturated carbocycles. The van der Waals surface area contributed by atoms with Crippen molar-refractivity contribution >= 4 is 36.3 Å². The molecule has 0 radical (unpaired) electrons. The zero-order valence-electron chi connectivity index (χ0n) is 23.0. The summed E-state index contributed by atoms with van der Waals surface area (Å²) in [5.41, 5.74) is 8.99. The molecule has 9 nitrogen and oxygen atoms in total. The van der Waals surface area contributed by atoms with Gasteiger partial charge in [-0.2, -0.15) is 0 Å². The Morgan fingerprint density at radius 2 is 2.05 bits per heavy atom. The number of nitrogens with one attached hydrogen (secondary N) is 1. The zero-order valence-corrected chi connectivity index (χ0v) is 23.8. The first-order valence-electron chi connectivity index (χ1n) is 13.7. The zero-order chi connectivity index (χ0) is 29.0. The number of halogens is 1. The van der Waals surface area contributed by atoms with Gasteiger partial charge in [0.2, 0.25) is 11.8 Å². The van der Waals surface area contributed by atoms with Gasteiger partial charge in [-0.15, -0.1) is 0 Å². The van der Waals surface area contributed by atoms with E-state index in [9.17, 15) is 18.8 Å². The summed E-state index contributed by atoms with van der Waals surface area (Å²) in [5, 5.41) is 2.40. The monoisotopic (exact) mass is 579 g/mol. The molecule has 1 spiro atoms. The lowest BCUT2D eigenvalue weighted by molar-refractivity contribution is -0.137. The highest BCUT2D eigenvalue weighted by atomic mass is 32.2. The summed E-state index contributed by atoms with van der Waals surface area (Å²) < 4.78 is 24.5. The van der Waals surface area contributed by atoms with E-state index in [0.717, 1.165) is 66.6 Å².